The van der Waals surface area contributed by atoms with Gasteiger partial charge in [0.15, 0.2) is 0 Å². The van der Waals surface area contributed by atoms with Crippen LogP contribution in [0.15, 0.2) is 73.1 Å². The molecule has 2 aliphatic heterocycles. The van der Waals surface area contributed by atoms with Gasteiger partial charge in [-0.15, -0.1) is 0 Å². The zero-order chi connectivity index (χ0) is 25.8. The molecule has 0 saturated heterocycles. The molecule has 6 rings (SSSR count). The molecular formula is C28H18N4O5. The Hall–Kier alpha value is -5.18. The van der Waals surface area contributed by atoms with Crippen LogP contribution in [0.5, 0.6) is 11.5 Å². The summed E-state index contributed by atoms with van der Waals surface area (Å²) in [5.41, 5.74) is 2.61. The highest BCUT2D eigenvalue weighted by Gasteiger charge is 2.39. The predicted octanol–water partition coefficient (Wildman–Crippen LogP) is 4.49. The largest absolute Gasteiger partial charge is 0.457 e. The number of pyridine rings is 2. The normalized spacial score (nSPS) is 14.3. The molecule has 0 N–H and O–H groups in total. The highest BCUT2D eigenvalue weighted by molar-refractivity contribution is 6.35. The summed E-state index contributed by atoms with van der Waals surface area (Å²) in [4.78, 5) is 62.3. The van der Waals surface area contributed by atoms with Crippen molar-refractivity contribution in [1.29, 1.82) is 0 Å². The molecular weight excluding hydrogens is 472 g/mol. The maximum Gasteiger partial charge on any atom is 0.267 e. The average molecular weight is 490 g/mol. The second-order valence-corrected chi connectivity index (χ2v) is 8.79. The van der Waals surface area contributed by atoms with Crippen molar-refractivity contribution in [1.82, 2.24) is 9.97 Å². The van der Waals surface area contributed by atoms with E-state index in [1.165, 1.54) is 24.3 Å². The number of hydrogen-bond acceptors (Lipinski definition) is 7. The lowest BCUT2D eigenvalue weighted by Gasteiger charge is -2.12. The lowest BCUT2D eigenvalue weighted by Crippen LogP contribution is -2.30. The summed E-state index contributed by atoms with van der Waals surface area (Å²) < 4.78 is 5.92. The van der Waals surface area contributed by atoms with Gasteiger partial charge in [0, 0.05) is 12.4 Å². The third kappa shape index (κ3) is 3.56. The smallest absolute Gasteiger partial charge is 0.267 e. The molecule has 4 amide bonds. The van der Waals surface area contributed by atoms with Crippen molar-refractivity contribution in [2.45, 2.75) is 13.8 Å². The fourth-order valence-electron chi connectivity index (χ4n) is 4.40. The van der Waals surface area contributed by atoms with Crippen LogP contribution in [0.2, 0.25) is 0 Å². The van der Waals surface area contributed by atoms with Gasteiger partial charge >= 0.3 is 0 Å². The molecule has 2 aliphatic rings. The van der Waals surface area contributed by atoms with Gasteiger partial charge in [0.25, 0.3) is 23.6 Å². The number of fused-ring (bicyclic) bond motifs is 2. The zero-order valence-electron chi connectivity index (χ0n) is 19.8. The molecule has 0 saturated carbocycles. The summed E-state index contributed by atoms with van der Waals surface area (Å²) in [5.74, 6) is -0.821. The summed E-state index contributed by atoms with van der Waals surface area (Å²) in [5, 5.41) is 0. The van der Waals surface area contributed by atoms with E-state index in [2.05, 4.69) is 9.97 Å². The third-order valence-electron chi connectivity index (χ3n) is 6.21. The Bertz CT molecular complexity index is 1560. The van der Waals surface area contributed by atoms with Crippen molar-refractivity contribution >= 4 is 35.3 Å². The number of carbonyl (C=O) groups excluding carboxylic acids is 4. The summed E-state index contributed by atoms with van der Waals surface area (Å²) >= 11 is 0. The maximum atomic E-state index is 13.1. The van der Waals surface area contributed by atoms with Crippen molar-refractivity contribution in [3.63, 3.8) is 0 Å². The monoisotopic (exact) mass is 490 g/mol. The zero-order valence-corrected chi connectivity index (χ0v) is 19.8. The topological polar surface area (TPSA) is 110 Å². The molecule has 0 bridgehead atoms. The number of aromatic nitrogens is 2. The number of aryl methyl sites for hydroxylation is 2. The molecule has 0 aliphatic carbocycles. The summed E-state index contributed by atoms with van der Waals surface area (Å²) in [6.45, 7) is 3.70. The molecule has 0 unspecified atom stereocenters. The predicted molar refractivity (Wildman–Crippen MR) is 133 cm³/mol. The lowest BCUT2D eigenvalue weighted by atomic mass is 10.1. The Morgan fingerprint density at radius 1 is 0.541 bits per heavy atom. The number of nitrogens with zero attached hydrogens (tertiary/aromatic N) is 4. The number of anilines is 2. The molecule has 0 radical (unpaired) electrons. The Kier molecular flexibility index (Phi) is 4.94. The first-order chi connectivity index (χ1) is 17.8. The second-order valence-electron chi connectivity index (χ2n) is 8.79. The van der Waals surface area contributed by atoms with Gasteiger partial charge in [0.1, 0.15) is 23.1 Å². The van der Waals surface area contributed by atoms with Crippen molar-refractivity contribution in [2.24, 2.45) is 0 Å². The Morgan fingerprint density at radius 2 is 0.946 bits per heavy atom. The van der Waals surface area contributed by atoms with Gasteiger partial charge in [-0.3, -0.25) is 19.2 Å². The van der Waals surface area contributed by atoms with Crippen molar-refractivity contribution in [3.05, 3.63) is 106 Å². The molecule has 9 heteroatoms. The van der Waals surface area contributed by atoms with Gasteiger partial charge in [-0.25, -0.2) is 19.8 Å². The maximum absolute atomic E-state index is 13.1. The van der Waals surface area contributed by atoms with E-state index < -0.39 is 23.6 Å². The minimum atomic E-state index is -0.500. The van der Waals surface area contributed by atoms with Crippen LogP contribution in [0, 0.1) is 13.8 Å². The SMILES string of the molecule is Cc1ccnc(N2C(=O)c3ccc(Oc4ccc5c(c4)C(=O)N(c4cc(C)ccn4)C5=O)cc3C2=O)c1. The minimum Gasteiger partial charge on any atom is -0.457 e. The Labute approximate surface area is 210 Å². The summed E-state index contributed by atoms with van der Waals surface area (Å²) in [7, 11) is 0. The molecule has 180 valence electrons. The van der Waals surface area contributed by atoms with E-state index in [1.54, 1.807) is 48.8 Å². The molecule has 37 heavy (non-hydrogen) atoms. The van der Waals surface area contributed by atoms with Crippen LogP contribution in [0.1, 0.15) is 52.6 Å². The van der Waals surface area contributed by atoms with Crippen LogP contribution in [0.4, 0.5) is 11.6 Å². The van der Waals surface area contributed by atoms with E-state index in [1.807, 2.05) is 13.8 Å². The van der Waals surface area contributed by atoms with Crippen LogP contribution in [-0.2, 0) is 0 Å². The third-order valence-corrected chi connectivity index (χ3v) is 6.21. The van der Waals surface area contributed by atoms with Crippen molar-refractivity contribution < 1.29 is 23.9 Å². The fraction of sp³-hybridized carbons (Fsp3) is 0.0714. The Balaban J connectivity index is 1.28. The van der Waals surface area contributed by atoms with Crippen molar-refractivity contribution in [3.8, 4) is 11.5 Å². The van der Waals surface area contributed by atoms with Crippen LogP contribution < -0.4 is 14.5 Å². The van der Waals surface area contributed by atoms with Gasteiger partial charge in [-0.2, -0.15) is 0 Å². The van der Waals surface area contributed by atoms with E-state index in [0.717, 1.165) is 20.9 Å². The first kappa shape index (κ1) is 22.3. The number of benzene rings is 2. The average Bonchev–Trinajstić information content (AvgIpc) is 3.27. The molecule has 9 nitrogen and oxygen atoms in total. The molecule has 0 spiro atoms. The number of rotatable bonds is 4. The van der Waals surface area contributed by atoms with Gasteiger partial charge in [0.2, 0.25) is 0 Å². The quantitative estimate of drug-likeness (QED) is 0.388. The molecule has 0 fully saturated rings. The molecule has 4 aromatic rings. The van der Waals surface area contributed by atoms with Gasteiger partial charge in [-0.1, -0.05) is 0 Å². The first-order valence-electron chi connectivity index (χ1n) is 11.4. The molecule has 4 heterocycles. The highest BCUT2D eigenvalue weighted by Crippen LogP contribution is 2.34. The standard InChI is InChI=1S/C28H18N4O5/c1-15-7-9-29-23(11-15)31-25(33)19-5-3-17(13-21(19)27(31)35)37-18-4-6-20-22(14-18)28(36)32(26(20)34)24-12-16(2)8-10-30-24/h3-14H,1-2H3. The lowest BCUT2D eigenvalue weighted by molar-refractivity contribution is 0.0909. The van der Waals surface area contributed by atoms with Crippen LogP contribution >= 0.6 is 0 Å². The Morgan fingerprint density at radius 3 is 1.35 bits per heavy atom. The van der Waals surface area contributed by atoms with E-state index >= 15 is 0 Å². The van der Waals surface area contributed by atoms with E-state index in [9.17, 15) is 19.2 Å². The van der Waals surface area contributed by atoms with E-state index in [4.69, 9.17) is 4.74 Å². The van der Waals surface area contributed by atoms with E-state index in [0.29, 0.717) is 11.5 Å². The number of amides is 4. The van der Waals surface area contributed by atoms with Crippen LogP contribution in [0.3, 0.4) is 0 Å². The van der Waals surface area contributed by atoms with E-state index in [-0.39, 0.29) is 33.9 Å². The number of hydrogen-bond donors (Lipinski definition) is 0. The fourth-order valence-corrected chi connectivity index (χ4v) is 4.40. The summed E-state index contributed by atoms with van der Waals surface area (Å²) in [6.07, 6.45) is 3.08. The first-order valence-corrected chi connectivity index (χ1v) is 11.4. The molecule has 2 aromatic carbocycles. The second kappa shape index (κ2) is 8.20. The van der Waals surface area contributed by atoms with Gasteiger partial charge in [-0.05, 0) is 85.6 Å². The van der Waals surface area contributed by atoms with Gasteiger partial charge in [0.05, 0.1) is 22.3 Å². The number of imide groups is 2. The van der Waals surface area contributed by atoms with Crippen LogP contribution in [-0.4, -0.2) is 33.6 Å². The molecule has 2 aromatic heterocycles. The molecule has 0 atom stereocenters. The van der Waals surface area contributed by atoms with Crippen LogP contribution in [0.25, 0.3) is 0 Å². The number of carbonyl (C=O) groups is 4. The minimum absolute atomic E-state index is 0.190. The van der Waals surface area contributed by atoms with Gasteiger partial charge < -0.3 is 4.74 Å². The number of ether oxygens (including phenoxy) is 1. The highest BCUT2D eigenvalue weighted by atomic mass is 16.5. The summed E-state index contributed by atoms with van der Waals surface area (Å²) in [6, 6.07) is 16.0. The van der Waals surface area contributed by atoms with Crippen molar-refractivity contribution in [2.75, 3.05) is 9.80 Å².